The zero-order valence-electron chi connectivity index (χ0n) is 9.81. The van der Waals surface area contributed by atoms with Gasteiger partial charge in [0.1, 0.15) is 0 Å². The zero-order valence-corrected chi connectivity index (χ0v) is 10.6. The highest BCUT2D eigenvalue weighted by atomic mass is 32.1. The standard InChI is InChI=1S/C9H10O.C5H4N2S/c10-8-4-7-9-5-2-1-3-6-9;1-2-7-3-4-8-5(7)6-1/h1-7,10H,8H2;1-4H. The maximum Gasteiger partial charge on any atom is 0.193 e. The highest BCUT2D eigenvalue weighted by molar-refractivity contribution is 7.15. The monoisotopic (exact) mass is 258 g/mol. The number of aliphatic hydroxyl groups is 1. The quantitative estimate of drug-likeness (QED) is 0.767. The molecule has 0 unspecified atom stereocenters. The van der Waals surface area contributed by atoms with Crippen LogP contribution in [0.5, 0.6) is 0 Å². The van der Waals surface area contributed by atoms with E-state index in [9.17, 15) is 0 Å². The minimum absolute atomic E-state index is 0.106. The van der Waals surface area contributed by atoms with Crippen LogP contribution in [0.4, 0.5) is 0 Å². The van der Waals surface area contributed by atoms with Crippen LogP contribution in [0.3, 0.4) is 0 Å². The van der Waals surface area contributed by atoms with Gasteiger partial charge in [0.15, 0.2) is 4.96 Å². The highest BCUT2D eigenvalue weighted by Crippen LogP contribution is 2.06. The number of rotatable bonds is 2. The van der Waals surface area contributed by atoms with Crippen LogP contribution in [0.25, 0.3) is 11.0 Å². The van der Waals surface area contributed by atoms with Gasteiger partial charge >= 0.3 is 0 Å². The molecule has 0 amide bonds. The van der Waals surface area contributed by atoms with Crippen molar-refractivity contribution in [1.29, 1.82) is 0 Å². The molecule has 0 spiro atoms. The van der Waals surface area contributed by atoms with Crippen molar-refractivity contribution >= 4 is 22.4 Å². The average Bonchev–Trinajstić information content (AvgIpc) is 3.01. The Balaban J connectivity index is 0.000000136. The van der Waals surface area contributed by atoms with E-state index in [0.29, 0.717) is 0 Å². The lowest BCUT2D eigenvalue weighted by atomic mass is 10.2. The maximum absolute atomic E-state index is 8.44. The summed E-state index contributed by atoms with van der Waals surface area (Å²) in [6.45, 7) is 0.106. The number of hydrogen-bond donors (Lipinski definition) is 1. The average molecular weight is 258 g/mol. The fourth-order valence-corrected chi connectivity index (χ4v) is 2.09. The van der Waals surface area contributed by atoms with Gasteiger partial charge in [0.25, 0.3) is 0 Å². The molecule has 1 N–H and O–H groups in total. The summed E-state index contributed by atoms with van der Waals surface area (Å²) in [7, 11) is 0. The molecule has 3 rings (SSSR count). The molecule has 1 aromatic carbocycles. The summed E-state index contributed by atoms with van der Waals surface area (Å²) < 4.78 is 1.99. The first kappa shape index (κ1) is 12.5. The van der Waals surface area contributed by atoms with Crippen molar-refractivity contribution in [2.75, 3.05) is 6.61 Å². The molecule has 0 radical (unpaired) electrons. The van der Waals surface area contributed by atoms with Gasteiger partial charge in [-0.15, -0.1) is 11.3 Å². The molecule has 3 nitrogen and oxygen atoms in total. The van der Waals surface area contributed by atoms with Crippen molar-refractivity contribution in [1.82, 2.24) is 9.38 Å². The van der Waals surface area contributed by atoms with Crippen molar-refractivity contribution in [2.24, 2.45) is 0 Å². The van der Waals surface area contributed by atoms with E-state index in [1.54, 1.807) is 23.6 Å². The number of thiazole rings is 1. The zero-order chi connectivity index (χ0) is 12.6. The molecule has 0 saturated carbocycles. The summed E-state index contributed by atoms with van der Waals surface area (Å²) in [5, 5.41) is 10.5. The lowest BCUT2D eigenvalue weighted by molar-refractivity contribution is 0.343. The Morgan fingerprint density at radius 2 is 2.06 bits per heavy atom. The lowest BCUT2D eigenvalue weighted by Crippen LogP contribution is -1.72. The Kier molecular flexibility index (Phi) is 4.69. The topological polar surface area (TPSA) is 37.5 Å². The van der Waals surface area contributed by atoms with E-state index in [2.05, 4.69) is 4.98 Å². The first-order chi connectivity index (χ1) is 8.90. The fourth-order valence-electron chi connectivity index (χ4n) is 1.41. The van der Waals surface area contributed by atoms with Crippen LogP contribution >= 0.6 is 11.3 Å². The van der Waals surface area contributed by atoms with Crippen LogP contribution in [0.2, 0.25) is 0 Å². The first-order valence-corrected chi connectivity index (χ1v) is 6.47. The molecule has 0 fully saturated rings. The van der Waals surface area contributed by atoms with Crippen molar-refractivity contribution in [2.45, 2.75) is 0 Å². The van der Waals surface area contributed by atoms with Gasteiger partial charge in [0, 0.05) is 24.0 Å². The summed E-state index contributed by atoms with van der Waals surface area (Å²) in [5.41, 5.74) is 1.12. The first-order valence-electron chi connectivity index (χ1n) is 5.59. The minimum Gasteiger partial charge on any atom is -0.392 e. The van der Waals surface area contributed by atoms with Crippen molar-refractivity contribution in [3.63, 3.8) is 0 Å². The second-order valence-electron chi connectivity index (χ2n) is 3.52. The third-order valence-corrected chi connectivity index (χ3v) is 3.03. The van der Waals surface area contributed by atoms with Gasteiger partial charge in [-0.2, -0.15) is 0 Å². The normalized spacial score (nSPS) is 10.5. The second kappa shape index (κ2) is 6.74. The van der Waals surface area contributed by atoms with E-state index in [1.807, 2.05) is 58.6 Å². The predicted octanol–water partition coefficient (Wildman–Crippen LogP) is 3.09. The van der Waals surface area contributed by atoms with Crippen molar-refractivity contribution < 1.29 is 5.11 Å². The van der Waals surface area contributed by atoms with Gasteiger partial charge in [0.05, 0.1) is 6.61 Å². The predicted molar refractivity (Wildman–Crippen MR) is 75.6 cm³/mol. The molecule has 2 heterocycles. The Hall–Kier alpha value is -1.91. The van der Waals surface area contributed by atoms with Gasteiger partial charge in [-0.25, -0.2) is 4.98 Å². The SMILES string of the molecule is OCC=Cc1ccccc1.c1cn2ccsc2n1. The Labute approximate surface area is 110 Å². The van der Waals surface area contributed by atoms with E-state index in [0.717, 1.165) is 10.5 Å². The van der Waals surface area contributed by atoms with E-state index in [-0.39, 0.29) is 6.61 Å². The summed E-state index contributed by atoms with van der Waals surface area (Å²) >= 11 is 1.65. The minimum atomic E-state index is 0.106. The third-order valence-electron chi connectivity index (χ3n) is 2.24. The number of fused-ring (bicyclic) bond motifs is 1. The summed E-state index contributed by atoms with van der Waals surface area (Å²) in [4.78, 5) is 5.12. The van der Waals surface area contributed by atoms with Gasteiger partial charge in [-0.3, -0.25) is 4.40 Å². The molecular weight excluding hydrogens is 244 g/mol. The van der Waals surface area contributed by atoms with E-state index >= 15 is 0 Å². The fraction of sp³-hybridized carbons (Fsp3) is 0.0714. The number of hydrogen-bond acceptors (Lipinski definition) is 3. The number of aliphatic hydroxyl groups excluding tert-OH is 1. The second-order valence-corrected chi connectivity index (χ2v) is 4.39. The van der Waals surface area contributed by atoms with Gasteiger partial charge in [-0.1, -0.05) is 42.5 Å². The van der Waals surface area contributed by atoms with Crippen LogP contribution in [-0.4, -0.2) is 21.1 Å². The van der Waals surface area contributed by atoms with Crippen LogP contribution < -0.4 is 0 Å². The molecule has 0 aliphatic carbocycles. The molecule has 3 aromatic rings. The van der Waals surface area contributed by atoms with E-state index < -0.39 is 0 Å². The van der Waals surface area contributed by atoms with Gasteiger partial charge in [0.2, 0.25) is 0 Å². The molecule has 4 heteroatoms. The van der Waals surface area contributed by atoms with Crippen LogP contribution in [-0.2, 0) is 0 Å². The van der Waals surface area contributed by atoms with E-state index in [4.69, 9.17) is 5.11 Å². The number of imidazole rings is 1. The van der Waals surface area contributed by atoms with Crippen LogP contribution in [0.15, 0.2) is 60.4 Å². The molecule has 18 heavy (non-hydrogen) atoms. The largest absolute Gasteiger partial charge is 0.392 e. The smallest absolute Gasteiger partial charge is 0.193 e. The van der Waals surface area contributed by atoms with Crippen molar-refractivity contribution in [3.8, 4) is 0 Å². The van der Waals surface area contributed by atoms with Crippen LogP contribution in [0, 0.1) is 0 Å². The molecule has 92 valence electrons. The number of nitrogens with zero attached hydrogens (tertiary/aromatic N) is 2. The summed E-state index contributed by atoms with van der Waals surface area (Å²) in [6, 6.07) is 9.89. The highest BCUT2D eigenvalue weighted by Gasteiger charge is 1.88. The maximum atomic E-state index is 8.44. The molecule has 0 saturated heterocycles. The Bertz CT molecular complexity index is 547. The molecule has 2 aromatic heterocycles. The molecule has 0 atom stereocenters. The van der Waals surface area contributed by atoms with Crippen LogP contribution in [0.1, 0.15) is 5.56 Å². The third kappa shape index (κ3) is 3.55. The number of aromatic nitrogens is 2. The molecule has 0 aliphatic rings. The van der Waals surface area contributed by atoms with Gasteiger partial charge in [-0.05, 0) is 5.56 Å². The Morgan fingerprint density at radius 1 is 1.22 bits per heavy atom. The van der Waals surface area contributed by atoms with E-state index in [1.165, 1.54) is 0 Å². The van der Waals surface area contributed by atoms with Crippen molar-refractivity contribution in [3.05, 3.63) is 65.9 Å². The molecule has 0 aliphatic heterocycles. The molecular formula is C14H14N2OS. The Morgan fingerprint density at radius 3 is 2.78 bits per heavy atom. The summed E-state index contributed by atoms with van der Waals surface area (Å²) in [5.74, 6) is 0. The molecule has 0 bridgehead atoms. The number of benzene rings is 1. The summed E-state index contributed by atoms with van der Waals surface area (Å²) in [6.07, 6.45) is 9.33. The lowest BCUT2D eigenvalue weighted by Gasteiger charge is -1.88. The van der Waals surface area contributed by atoms with Gasteiger partial charge < -0.3 is 5.11 Å².